The smallest absolute Gasteiger partial charge is 0.274 e. The highest BCUT2D eigenvalue weighted by molar-refractivity contribution is 6.05. The molecule has 4 rings (SSSR count). The number of benzene rings is 3. The zero-order valence-corrected chi connectivity index (χ0v) is 14.5. The number of anilines is 2. The van der Waals surface area contributed by atoms with Crippen LogP contribution in [0.15, 0.2) is 77.6 Å². The molecule has 1 aromatic heterocycles. The fourth-order valence-electron chi connectivity index (χ4n) is 2.97. The normalized spacial score (nSPS) is 10.8. The van der Waals surface area contributed by atoms with Crippen molar-refractivity contribution >= 4 is 28.2 Å². The minimum Gasteiger partial charge on any atom is -0.397 e. The highest BCUT2D eigenvalue weighted by atomic mass is 16.1. The third kappa shape index (κ3) is 3.32. The Balaban J connectivity index is 1.51. The Morgan fingerprint density at radius 2 is 1.67 bits per heavy atom. The van der Waals surface area contributed by atoms with Crippen molar-refractivity contribution in [3.63, 3.8) is 0 Å². The number of carbonyl (C=O) groups excluding carboxylic acids is 1. The van der Waals surface area contributed by atoms with Crippen molar-refractivity contribution in [2.75, 3.05) is 11.1 Å². The van der Waals surface area contributed by atoms with E-state index in [9.17, 15) is 9.59 Å². The molecule has 6 nitrogen and oxygen atoms in total. The van der Waals surface area contributed by atoms with E-state index >= 15 is 0 Å². The standard InChI is InChI=1S/C21H18N4O2/c22-17-6-2-4-8-19(17)23-20(26)15-11-9-14(10-12-15)13-25-21(27)16-5-1-3-7-18(16)24-25/h1-12,24H,13,22H2,(H,23,26). The topological polar surface area (TPSA) is 92.9 Å². The van der Waals surface area contributed by atoms with E-state index < -0.39 is 0 Å². The molecule has 4 aromatic rings. The molecule has 0 fully saturated rings. The van der Waals surface area contributed by atoms with Gasteiger partial charge in [-0.05, 0) is 42.0 Å². The third-order valence-corrected chi connectivity index (χ3v) is 4.42. The van der Waals surface area contributed by atoms with E-state index in [1.165, 1.54) is 0 Å². The lowest BCUT2D eigenvalue weighted by Gasteiger charge is -2.08. The summed E-state index contributed by atoms with van der Waals surface area (Å²) in [6.45, 7) is 0.404. The van der Waals surface area contributed by atoms with E-state index in [0.29, 0.717) is 28.9 Å². The van der Waals surface area contributed by atoms with Gasteiger partial charge in [0.25, 0.3) is 11.5 Å². The summed E-state index contributed by atoms with van der Waals surface area (Å²) in [5, 5.41) is 6.56. The number of hydrogen-bond donors (Lipinski definition) is 3. The number of nitrogens with two attached hydrogens (primary N) is 1. The minimum atomic E-state index is -0.234. The van der Waals surface area contributed by atoms with E-state index in [2.05, 4.69) is 10.4 Å². The summed E-state index contributed by atoms with van der Waals surface area (Å²) in [7, 11) is 0. The van der Waals surface area contributed by atoms with Gasteiger partial charge in [0, 0.05) is 5.56 Å². The number of amides is 1. The fourth-order valence-corrected chi connectivity index (χ4v) is 2.97. The number of nitrogens with one attached hydrogen (secondary N) is 2. The van der Waals surface area contributed by atoms with Crippen LogP contribution in [0, 0.1) is 0 Å². The molecule has 4 N–H and O–H groups in total. The van der Waals surface area contributed by atoms with Crippen LogP contribution in [0.4, 0.5) is 11.4 Å². The van der Waals surface area contributed by atoms with Crippen LogP contribution in [0.3, 0.4) is 0 Å². The predicted molar refractivity (Wildman–Crippen MR) is 107 cm³/mol. The second-order valence-corrected chi connectivity index (χ2v) is 6.29. The Kier molecular flexibility index (Phi) is 4.22. The van der Waals surface area contributed by atoms with Crippen LogP contribution >= 0.6 is 0 Å². The van der Waals surface area contributed by atoms with Gasteiger partial charge in [0.15, 0.2) is 0 Å². The molecular weight excluding hydrogens is 340 g/mol. The van der Waals surface area contributed by atoms with Gasteiger partial charge in [0.1, 0.15) is 0 Å². The second-order valence-electron chi connectivity index (χ2n) is 6.29. The van der Waals surface area contributed by atoms with Crippen LogP contribution in [-0.2, 0) is 6.54 Å². The van der Waals surface area contributed by atoms with E-state index in [0.717, 1.165) is 11.1 Å². The van der Waals surface area contributed by atoms with Crippen LogP contribution in [0.1, 0.15) is 15.9 Å². The fraction of sp³-hybridized carbons (Fsp3) is 0.0476. The maximum absolute atomic E-state index is 12.4. The van der Waals surface area contributed by atoms with E-state index in [1.807, 2.05) is 42.5 Å². The average molecular weight is 358 g/mol. The van der Waals surface area contributed by atoms with E-state index in [-0.39, 0.29) is 11.5 Å². The number of rotatable bonds is 4. The summed E-state index contributed by atoms with van der Waals surface area (Å²) in [6, 6.07) is 21.6. The van der Waals surface area contributed by atoms with Gasteiger partial charge in [0.05, 0.1) is 28.8 Å². The van der Waals surface area contributed by atoms with Crippen LogP contribution < -0.4 is 16.6 Å². The highest BCUT2D eigenvalue weighted by Gasteiger charge is 2.09. The first kappa shape index (κ1) is 16.7. The molecule has 134 valence electrons. The summed E-state index contributed by atoms with van der Waals surface area (Å²) < 4.78 is 1.56. The Morgan fingerprint density at radius 3 is 2.41 bits per heavy atom. The van der Waals surface area contributed by atoms with Gasteiger partial charge >= 0.3 is 0 Å². The van der Waals surface area contributed by atoms with Crippen molar-refractivity contribution in [3.05, 3.63) is 94.3 Å². The minimum absolute atomic E-state index is 0.0630. The molecule has 27 heavy (non-hydrogen) atoms. The van der Waals surface area contributed by atoms with Gasteiger partial charge in [-0.25, -0.2) is 4.68 Å². The van der Waals surface area contributed by atoms with Crippen molar-refractivity contribution in [3.8, 4) is 0 Å². The number of H-pyrrole nitrogens is 1. The molecule has 1 heterocycles. The molecule has 0 unspecified atom stereocenters. The van der Waals surface area contributed by atoms with Crippen molar-refractivity contribution < 1.29 is 4.79 Å². The Hall–Kier alpha value is -3.80. The van der Waals surface area contributed by atoms with Crippen LogP contribution in [0.5, 0.6) is 0 Å². The number of para-hydroxylation sites is 3. The van der Waals surface area contributed by atoms with Crippen molar-refractivity contribution in [2.45, 2.75) is 6.54 Å². The maximum atomic E-state index is 12.4. The molecular formula is C21H18N4O2. The van der Waals surface area contributed by atoms with Crippen LogP contribution in [-0.4, -0.2) is 15.7 Å². The monoisotopic (exact) mass is 358 g/mol. The molecule has 1 amide bonds. The lowest BCUT2D eigenvalue weighted by molar-refractivity contribution is 0.102. The summed E-state index contributed by atoms with van der Waals surface area (Å²) in [5.41, 5.74) is 9.12. The van der Waals surface area contributed by atoms with E-state index in [4.69, 9.17) is 5.73 Å². The van der Waals surface area contributed by atoms with Crippen molar-refractivity contribution in [1.82, 2.24) is 9.78 Å². The second kappa shape index (κ2) is 6.84. The van der Waals surface area contributed by atoms with Gasteiger partial charge in [-0.15, -0.1) is 0 Å². The first-order valence-electron chi connectivity index (χ1n) is 8.54. The van der Waals surface area contributed by atoms with Crippen LogP contribution in [0.2, 0.25) is 0 Å². The first-order chi connectivity index (χ1) is 13.1. The highest BCUT2D eigenvalue weighted by Crippen LogP contribution is 2.18. The molecule has 0 saturated carbocycles. The largest absolute Gasteiger partial charge is 0.397 e. The molecule has 0 aliphatic heterocycles. The number of fused-ring (bicyclic) bond motifs is 1. The summed E-state index contributed by atoms with van der Waals surface area (Å²) >= 11 is 0. The van der Waals surface area contributed by atoms with Gasteiger partial charge in [0.2, 0.25) is 0 Å². The van der Waals surface area contributed by atoms with E-state index in [1.54, 1.807) is 35.0 Å². The molecule has 0 saturated heterocycles. The predicted octanol–water partition coefficient (Wildman–Crippen LogP) is 3.21. The summed E-state index contributed by atoms with van der Waals surface area (Å²) in [6.07, 6.45) is 0. The molecule has 0 spiro atoms. The van der Waals surface area contributed by atoms with Crippen LogP contribution in [0.25, 0.3) is 10.9 Å². The Morgan fingerprint density at radius 1 is 0.963 bits per heavy atom. The molecule has 0 aliphatic rings. The molecule has 0 atom stereocenters. The quantitative estimate of drug-likeness (QED) is 0.489. The zero-order chi connectivity index (χ0) is 18.8. The lowest BCUT2D eigenvalue weighted by atomic mass is 10.1. The zero-order valence-electron chi connectivity index (χ0n) is 14.5. The molecule has 0 radical (unpaired) electrons. The first-order valence-corrected chi connectivity index (χ1v) is 8.54. The number of aromatic amines is 1. The van der Waals surface area contributed by atoms with Crippen molar-refractivity contribution in [1.29, 1.82) is 0 Å². The summed E-state index contributed by atoms with van der Waals surface area (Å²) in [5.74, 6) is -0.234. The number of carbonyl (C=O) groups is 1. The third-order valence-electron chi connectivity index (χ3n) is 4.42. The number of nitrogens with zero attached hydrogens (tertiary/aromatic N) is 1. The SMILES string of the molecule is Nc1ccccc1NC(=O)c1ccc(Cn2[nH]c3ccccc3c2=O)cc1. The number of hydrogen-bond acceptors (Lipinski definition) is 3. The molecule has 6 heteroatoms. The van der Waals surface area contributed by atoms with Gasteiger partial charge in [-0.3, -0.25) is 14.7 Å². The molecule has 0 bridgehead atoms. The molecule has 3 aromatic carbocycles. The molecule has 0 aliphatic carbocycles. The Bertz CT molecular complexity index is 1170. The van der Waals surface area contributed by atoms with Crippen molar-refractivity contribution in [2.24, 2.45) is 0 Å². The van der Waals surface area contributed by atoms with Gasteiger partial charge in [-0.2, -0.15) is 0 Å². The van der Waals surface area contributed by atoms with Gasteiger partial charge in [-0.1, -0.05) is 36.4 Å². The lowest BCUT2D eigenvalue weighted by Crippen LogP contribution is -2.17. The Labute approximate surface area is 155 Å². The number of aromatic nitrogens is 2. The van der Waals surface area contributed by atoms with Gasteiger partial charge < -0.3 is 11.1 Å². The average Bonchev–Trinajstić information content (AvgIpc) is 3.00. The summed E-state index contributed by atoms with van der Waals surface area (Å²) in [4.78, 5) is 24.8. The number of nitrogen functional groups attached to an aromatic ring is 1. The maximum Gasteiger partial charge on any atom is 0.274 e.